The predicted octanol–water partition coefficient (Wildman–Crippen LogP) is 3.71. The molecule has 0 aromatic heterocycles. The molecule has 0 bridgehead atoms. The van der Waals surface area contributed by atoms with Gasteiger partial charge in [-0.3, -0.25) is 0 Å². The molecule has 4 heteroatoms. The van der Waals surface area contributed by atoms with Crippen molar-refractivity contribution in [2.24, 2.45) is 5.73 Å². The van der Waals surface area contributed by atoms with Gasteiger partial charge in [-0.1, -0.05) is 0 Å². The van der Waals surface area contributed by atoms with E-state index in [1.165, 1.54) is 18.6 Å². The molecule has 2 nitrogen and oxygen atoms in total. The minimum Gasteiger partial charge on any atom is -0.489 e. The summed E-state index contributed by atoms with van der Waals surface area (Å²) in [6.07, 6.45) is 3.57. The highest BCUT2D eigenvalue weighted by molar-refractivity contribution is 9.10. The Morgan fingerprint density at radius 2 is 2.06 bits per heavy atom. The Hall–Kier alpha value is -0.610. The monoisotopic (exact) mass is 301 g/mol. The molecule has 0 heterocycles. The van der Waals surface area contributed by atoms with Gasteiger partial charge in [-0.05, 0) is 61.2 Å². The Balaban J connectivity index is 2.39. The molecule has 0 atom stereocenters. The third kappa shape index (κ3) is 2.80. The molecule has 0 spiro atoms. The zero-order chi connectivity index (χ0) is 12.6. The average molecular weight is 302 g/mol. The zero-order valence-corrected chi connectivity index (χ0v) is 11.7. The van der Waals surface area contributed by atoms with E-state index in [1.807, 2.05) is 13.8 Å². The van der Waals surface area contributed by atoms with E-state index in [0.29, 0.717) is 15.8 Å². The lowest BCUT2D eigenvalue weighted by Crippen LogP contribution is -2.32. The largest absolute Gasteiger partial charge is 0.489 e. The van der Waals surface area contributed by atoms with Crippen LogP contribution in [0.25, 0.3) is 0 Å². The van der Waals surface area contributed by atoms with Gasteiger partial charge in [-0.15, -0.1) is 0 Å². The molecule has 1 fully saturated rings. The van der Waals surface area contributed by atoms with Crippen molar-refractivity contribution in [3.05, 3.63) is 28.0 Å². The molecule has 0 amide bonds. The van der Waals surface area contributed by atoms with Gasteiger partial charge < -0.3 is 10.5 Å². The van der Waals surface area contributed by atoms with Gasteiger partial charge in [0.25, 0.3) is 0 Å². The van der Waals surface area contributed by atoms with Crippen LogP contribution in [0.1, 0.15) is 38.7 Å². The van der Waals surface area contributed by atoms with Crippen LogP contribution in [0.3, 0.4) is 0 Å². The van der Waals surface area contributed by atoms with Gasteiger partial charge in [0.05, 0.1) is 10.6 Å². The molecule has 0 saturated heterocycles. The molecule has 17 heavy (non-hydrogen) atoms. The minimum absolute atomic E-state index is 0.248. The second kappa shape index (κ2) is 4.58. The van der Waals surface area contributed by atoms with Gasteiger partial charge in [0, 0.05) is 11.1 Å². The first kappa shape index (κ1) is 12.8. The Kier molecular flexibility index (Phi) is 3.46. The summed E-state index contributed by atoms with van der Waals surface area (Å²) in [4.78, 5) is 0. The Labute approximate surface area is 109 Å². The molecule has 0 aliphatic heterocycles. The molecule has 1 aliphatic carbocycles. The van der Waals surface area contributed by atoms with Gasteiger partial charge in [0.15, 0.2) is 0 Å². The van der Waals surface area contributed by atoms with Crippen molar-refractivity contribution >= 4 is 15.9 Å². The van der Waals surface area contributed by atoms with Crippen LogP contribution in [0.5, 0.6) is 5.75 Å². The molecule has 2 rings (SSSR count). The van der Waals surface area contributed by atoms with Crippen molar-refractivity contribution in [1.82, 2.24) is 0 Å². The van der Waals surface area contributed by atoms with Crippen LogP contribution >= 0.6 is 15.9 Å². The average Bonchev–Trinajstić information content (AvgIpc) is 2.11. The van der Waals surface area contributed by atoms with Crippen LogP contribution in [-0.2, 0) is 5.54 Å². The zero-order valence-electron chi connectivity index (χ0n) is 10.1. The first-order chi connectivity index (χ1) is 7.88. The third-order valence-electron chi connectivity index (χ3n) is 3.04. The molecular formula is C13H17BrFNO. The minimum atomic E-state index is -0.621. The second-order valence-electron chi connectivity index (χ2n) is 5.16. The summed E-state index contributed by atoms with van der Waals surface area (Å²) in [6, 6.07) is 2.88. The van der Waals surface area contributed by atoms with Crippen LogP contribution in [0, 0.1) is 5.82 Å². The highest BCUT2D eigenvalue weighted by Gasteiger charge is 2.27. The number of nitrogens with two attached hydrogens (primary N) is 1. The standard InChI is InChI=1S/C13H17BrFNO/c1-13(2,16)10-6-8(15)7-11(14)12(10)17-9-4-3-5-9/h6-7,9H,3-5,16H2,1-2H3. The van der Waals surface area contributed by atoms with Gasteiger partial charge in [0.2, 0.25) is 0 Å². The van der Waals surface area contributed by atoms with Crippen molar-refractivity contribution in [2.45, 2.75) is 44.8 Å². The molecule has 94 valence electrons. The summed E-state index contributed by atoms with van der Waals surface area (Å²) in [5.74, 6) is 0.384. The first-order valence-corrected chi connectivity index (χ1v) is 6.62. The molecule has 1 aliphatic rings. The molecule has 1 saturated carbocycles. The maximum absolute atomic E-state index is 13.4. The number of ether oxygens (including phenoxy) is 1. The second-order valence-corrected chi connectivity index (χ2v) is 6.01. The van der Waals surface area contributed by atoms with Gasteiger partial charge in [0.1, 0.15) is 11.6 Å². The number of rotatable bonds is 3. The number of hydrogen-bond donors (Lipinski definition) is 1. The summed E-state index contributed by atoms with van der Waals surface area (Å²) in [6.45, 7) is 3.70. The predicted molar refractivity (Wildman–Crippen MR) is 69.6 cm³/mol. The van der Waals surface area contributed by atoms with E-state index in [-0.39, 0.29) is 11.9 Å². The lowest BCUT2D eigenvalue weighted by molar-refractivity contribution is 0.116. The first-order valence-electron chi connectivity index (χ1n) is 5.83. The maximum atomic E-state index is 13.4. The van der Waals surface area contributed by atoms with Crippen LogP contribution in [-0.4, -0.2) is 6.10 Å². The van der Waals surface area contributed by atoms with Crippen LogP contribution < -0.4 is 10.5 Å². The van der Waals surface area contributed by atoms with Gasteiger partial charge in [-0.25, -0.2) is 4.39 Å². The van der Waals surface area contributed by atoms with E-state index >= 15 is 0 Å². The van der Waals surface area contributed by atoms with Crippen LogP contribution in [0.4, 0.5) is 4.39 Å². The quantitative estimate of drug-likeness (QED) is 0.923. The van der Waals surface area contributed by atoms with Crippen LogP contribution in [0.15, 0.2) is 16.6 Å². The summed E-state index contributed by atoms with van der Waals surface area (Å²) < 4.78 is 20.0. The Morgan fingerprint density at radius 3 is 2.53 bits per heavy atom. The number of benzene rings is 1. The normalized spacial score (nSPS) is 16.8. The van der Waals surface area contributed by atoms with Crippen LogP contribution in [0.2, 0.25) is 0 Å². The highest BCUT2D eigenvalue weighted by atomic mass is 79.9. The van der Waals surface area contributed by atoms with Crippen molar-refractivity contribution in [2.75, 3.05) is 0 Å². The fourth-order valence-electron chi connectivity index (χ4n) is 1.81. The third-order valence-corrected chi connectivity index (χ3v) is 3.63. The summed E-state index contributed by atoms with van der Waals surface area (Å²) in [5, 5.41) is 0. The SMILES string of the molecule is CC(C)(N)c1cc(F)cc(Br)c1OC1CCC1. The molecule has 0 unspecified atom stereocenters. The van der Waals surface area contributed by atoms with Gasteiger partial charge >= 0.3 is 0 Å². The van der Waals surface area contributed by atoms with Crippen molar-refractivity contribution in [3.63, 3.8) is 0 Å². The lowest BCUT2D eigenvalue weighted by Gasteiger charge is -2.31. The molecule has 0 radical (unpaired) electrons. The number of halogens is 2. The summed E-state index contributed by atoms with van der Waals surface area (Å²) >= 11 is 3.35. The smallest absolute Gasteiger partial charge is 0.139 e. The molecule has 1 aromatic rings. The summed E-state index contributed by atoms with van der Waals surface area (Å²) in [5.41, 5.74) is 6.15. The number of hydrogen-bond acceptors (Lipinski definition) is 2. The molecule has 2 N–H and O–H groups in total. The van der Waals surface area contributed by atoms with Gasteiger partial charge in [-0.2, -0.15) is 0 Å². The molecule has 1 aromatic carbocycles. The van der Waals surface area contributed by atoms with Crippen molar-refractivity contribution in [1.29, 1.82) is 0 Å². The maximum Gasteiger partial charge on any atom is 0.139 e. The van der Waals surface area contributed by atoms with E-state index < -0.39 is 5.54 Å². The summed E-state index contributed by atoms with van der Waals surface area (Å²) in [7, 11) is 0. The topological polar surface area (TPSA) is 35.2 Å². The lowest BCUT2D eigenvalue weighted by atomic mass is 9.93. The van der Waals surface area contributed by atoms with Crippen molar-refractivity contribution in [3.8, 4) is 5.75 Å². The molecular weight excluding hydrogens is 285 g/mol. The van der Waals surface area contributed by atoms with E-state index in [2.05, 4.69) is 15.9 Å². The van der Waals surface area contributed by atoms with E-state index in [4.69, 9.17) is 10.5 Å². The fourth-order valence-corrected chi connectivity index (χ4v) is 2.34. The van der Waals surface area contributed by atoms with E-state index in [9.17, 15) is 4.39 Å². The Morgan fingerprint density at radius 1 is 1.41 bits per heavy atom. The Bertz CT molecular complexity index is 424. The fraction of sp³-hybridized carbons (Fsp3) is 0.538. The van der Waals surface area contributed by atoms with E-state index in [1.54, 1.807) is 0 Å². The van der Waals surface area contributed by atoms with Crippen molar-refractivity contribution < 1.29 is 9.13 Å². The highest BCUT2D eigenvalue weighted by Crippen LogP contribution is 2.38. The van der Waals surface area contributed by atoms with E-state index in [0.717, 1.165) is 12.8 Å².